The predicted molar refractivity (Wildman–Crippen MR) is 46.8 cm³/mol. The summed E-state index contributed by atoms with van der Waals surface area (Å²) in [6.45, 7) is 12.4. The summed E-state index contributed by atoms with van der Waals surface area (Å²) in [5, 5.41) is 3.08. The predicted octanol–water partition coefficient (Wildman–Crippen LogP) is 2.24. The van der Waals surface area contributed by atoms with Gasteiger partial charge in [0, 0.05) is 12.2 Å². The van der Waals surface area contributed by atoms with Gasteiger partial charge in [-0.25, -0.2) is 0 Å². The van der Waals surface area contributed by atoms with Gasteiger partial charge in [-0.05, 0) is 19.9 Å². The third kappa shape index (κ3) is 5.16. The van der Waals surface area contributed by atoms with Crippen molar-refractivity contribution in [1.82, 2.24) is 5.32 Å². The number of hydrogen-bond donors (Lipinski definition) is 1. The van der Waals surface area contributed by atoms with Gasteiger partial charge in [0.1, 0.15) is 0 Å². The second-order valence-corrected chi connectivity index (χ2v) is 2.24. The molecule has 0 saturated carbocycles. The summed E-state index contributed by atoms with van der Waals surface area (Å²) in [7, 11) is 0. The Kier molecular flexibility index (Phi) is 4.38. The lowest BCUT2D eigenvalue weighted by Gasteiger charge is -1.99. The van der Waals surface area contributed by atoms with Crippen LogP contribution in [0.4, 0.5) is 0 Å². The lowest BCUT2D eigenvalue weighted by atomic mass is 10.3. The minimum atomic E-state index is 0.916. The van der Waals surface area contributed by atoms with Crippen LogP contribution >= 0.6 is 0 Å². The number of nitrogens with one attached hydrogen (secondary N) is 1. The highest BCUT2D eigenvalue weighted by molar-refractivity contribution is 5.21. The molecule has 56 valence electrons. The summed E-state index contributed by atoms with van der Waals surface area (Å²) >= 11 is 0. The van der Waals surface area contributed by atoms with E-state index in [1.807, 2.05) is 26.0 Å². The zero-order chi connectivity index (χ0) is 7.98. The first-order chi connectivity index (χ1) is 4.66. The van der Waals surface area contributed by atoms with Gasteiger partial charge in [-0.3, -0.25) is 0 Å². The third-order valence-electron chi connectivity index (χ3n) is 0.973. The summed E-state index contributed by atoms with van der Waals surface area (Å²) in [4.78, 5) is 0. The quantitative estimate of drug-likeness (QED) is 0.586. The molecule has 0 aliphatic rings. The molecule has 0 bridgehead atoms. The number of allylic oxidation sites excluding steroid dienone is 3. The van der Waals surface area contributed by atoms with Crippen molar-refractivity contribution in [2.24, 2.45) is 0 Å². The normalized spacial score (nSPS) is 9.80. The van der Waals surface area contributed by atoms with Crippen molar-refractivity contribution < 1.29 is 0 Å². The first-order valence-corrected chi connectivity index (χ1v) is 3.43. The minimum Gasteiger partial charge on any atom is -0.386 e. The summed E-state index contributed by atoms with van der Waals surface area (Å²) in [6.07, 6.45) is 3.86. The Labute approximate surface area is 63.1 Å². The monoisotopic (exact) mass is 137 g/mol. The maximum atomic E-state index is 3.78. The molecule has 0 unspecified atom stereocenters. The lowest BCUT2D eigenvalue weighted by molar-refractivity contribution is 0.882. The molecule has 0 saturated heterocycles. The molecule has 10 heavy (non-hydrogen) atoms. The van der Waals surface area contributed by atoms with Gasteiger partial charge in [0.15, 0.2) is 0 Å². The summed E-state index contributed by atoms with van der Waals surface area (Å²) in [5.41, 5.74) is 1.98. The van der Waals surface area contributed by atoms with Gasteiger partial charge in [0.25, 0.3) is 0 Å². The van der Waals surface area contributed by atoms with Gasteiger partial charge in [-0.1, -0.05) is 24.8 Å². The van der Waals surface area contributed by atoms with Crippen LogP contribution in [0.3, 0.4) is 0 Å². The molecule has 0 rings (SSSR count). The maximum absolute atomic E-state index is 3.78. The first kappa shape index (κ1) is 9.02. The van der Waals surface area contributed by atoms with Crippen molar-refractivity contribution >= 4 is 0 Å². The van der Waals surface area contributed by atoms with E-state index < -0.39 is 0 Å². The van der Waals surface area contributed by atoms with Crippen LogP contribution in [0.5, 0.6) is 0 Å². The van der Waals surface area contributed by atoms with E-state index >= 15 is 0 Å². The van der Waals surface area contributed by atoms with Gasteiger partial charge in [0.2, 0.25) is 0 Å². The average molecular weight is 137 g/mol. The molecule has 0 aromatic rings. The second kappa shape index (κ2) is 4.86. The lowest BCUT2D eigenvalue weighted by Crippen LogP contribution is -2.08. The van der Waals surface area contributed by atoms with E-state index in [1.54, 1.807) is 0 Å². The molecule has 0 aromatic carbocycles. The molecular weight excluding hydrogens is 122 g/mol. The zero-order valence-electron chi connectivity index (χ0n) is 6.78. The first-order valence-electron chi connectivity index (χ1n) is 3.43. The fourth-order valence-corrected chi connectivity index (χ4v) is 0.529. The van der Waals surface area contributed by atoms with E-state index in [1.165, 1.54) is 0 Å². The fourth-order valence-electron chi connectivity index (χ4n) is 0.529. The largest absolute Gasteiger partial charge is 0.386 e. The summed E-state index contributed by atoms with van der Waals surface area (Å²) < 4.78 is 0. The van der Waals surface area contributed by atoms with E-state index in [0.717, 1.165) is 17.8 Å². The highest BCUT2D eigenvalue weighted by Crippen LogP contribution is 1.92. The van der Waals surface area contributed by atoms with Gasteiger partial charge in [-0.15, -0.1) is 0 Å². The van der Waals surface area contributed by atoms with Gasteiger partial charge in [0.05, 0.1) is 0 Å². The number of rotatable bonds is 4. The molecule has 0 aliphatic carbocycles. The number of likely N-dealkylation sites (N-methyl/N-ethyl adjacent to an activating group) is 1. The van der Waals surface area contributed by atoms with Crippen molar-refractivity contribution in [1.29, 1.82) is 0 Å². The summed E-state index contributed by atoms with van der Waals surface area (Å²) in [6, 6.07) is 0. The molecule has 0 radical (unpaired) electrons. The maximum Gasteiger partial charge on any atom is 0.0267 e. The Morgan fingerprint density at radius 1 is 1.40 bits per heavy atom. The van der Waals surface area contributed by atoms with E-state index in [2.05, 4.69) is 18.5 Å². The molecule has 1 heteroatoms. The summed E-state index contributed by atoms with van der Waals surface area (Å²) in [5.74, 6) is 0. The molecule has 0 aromatic heterocycles. The van der Waals surface area contributed by atoms with Gasteiger partial charge >= 0.3 is 0 Å². The highest BCUT2D eigenvalue weighted by atomic mass is 14.8. The third-order valence-corrected chi connectivity index (χ3v) is 0.973. The average Bonchev–Trinajstić information content (AvgIpc) is 1.85. The van der Waals surface area contributed by atoms with Crippen LogP contribution in [0.1, 0.15) is 13.8 Å². The van der Waals surface area contributed by atoms with Crippen molar-refractivity contribution in [3.05, 3.63) is 36.6 Å². The van der Waals surface area contributed by atoms with Crippen LogP contribution < -0.4 is 5.32 Å². The van der Waals surface area contributed by atoms with Crippen LogP contribution in [0.25, 0.3) is 0 Å². The van der Waals surface area contributed by atoms with Crippen LogP contribution in [0.2, 0.25) is 0 Å². The number of hydrogen-bond acceptors (Lipinski definition) is 1. The Bertz CT molecular complexity index is 154. The van der Waals surface area contributed by atoms with Crippen LogP contribution in [0, 0.1) is 0 Å². The van der Waals surface area contributed by atoms with Crippen LogP contribution in [0.15, 0.2) is 36.6 Å². The van der Waals surface area contributed by atoms with Crippen molar-refractivity contribution in [3.63, 3.8) is 0 Å². The molecule has 0 amide bonds. The van der Waals surface area contributed by atoms with Crippen molar-refractivity contribution in [2.45, 2.75) is 13.8 Å². The molecule has 0 heterocycles. The SMILES string of the molecule is C=C(C)/C=C\C(=C)NCC. The smallest absolute Gasteiger partial charge is 0.0267 e. The second-order valence-electron chi connectivity index (χ2n) is 2.24. The minimum absolute atomic E-state index is 0.916. The highest BCUT2D eigenvalue weighted by Gasteiger charge is 1.80. The van der Waals surface area contributed by atoms with Crippen LogP contribution in [-0.4, -0.2) is 6.54 Å². The molecule has 0 atom stereocenters. The van der Waals surface area contributed by atoms with Crippen LogP contribution in [-0.2, 0) is 0 Å². The standard InChI is InChI=1S/C9H15N/c1-5-10-9(4)7-6-8(2)3/h6-7,10H,2,4-5H2,1,3H3/b7-6-. The molecule has 1 nitrogen and oxygen atoms in total. The molecule has 1 N–H and O–H groups in total. The van der Waals surface area contributed by atoms with E-state index in [9.17, 15) is 0 Å². The molecule has 0 fully saturated rings. The molecule has 0 spiro atoms. The van der Waals surface area contributed by atoms with Gasteiger partial charge in [-0.2, -0.15) is 0 Å². The van der Waals surface area contributed by atoms with E-state index in [-0.39, 0.29) is 0 Å². The van der Waals surface area contributed by atoms with Crippen molar-refractivity contribution in [2.75, 3.05) is 6.54 Å². The van der Waals surface area contributed by atoms with E-state index in [4.69, 9.17) is 0 Å². The zero-order valence-corrected chi connectivity index (χ0v) is 6.78. The van der Waals surface area contributed by atoms with Gasteiger partial charge < -0.3 is 5.32 Å². The van der Waals surface area contributed by atoms with Crippen molar-refractivity contribution in [3.8, 4) is 0 Å². The molecule has 0 aliphatic heterocycles. The fraction of sp³-hybridized carbons (Fsp3) is 0.333. The molecular formula is C9H15N. The Balaban J connectivity index is 3.67. The Morgan fingerprint density at radius 2 is 2.00 bits per heavy atom. The van der Waals surface area contributed by atoms with E-state index in [0.29, 0.717) is 0 Å². The Hall–Kier alpha value is -0.980. The Morgan fingerprint density at radius 3 is 2.40 bits per heavy atom. The topological polar surface area (TPSA) is 12.0 Å².